The molecule has 0 aliphatic heterocycles. The third kappa shape index (κ3) is 6.70. The van der Waals surface area contributed by atoms with Gasteiger partial charge in [-0.3, -0.25) is 9.78 Å². The van der Waals surface area contributed by atoms with E-state index in [2.05, 4.69) is 16.9 Å². The summed E-state index contributed by atoms with van der Waals surface area (Å²) in [7, 11) is 0. The molecule has 1 heterocycles. The smallest absolute Gasteiger partial charge is 0.244 e. The largest absolute Gasteiger partial charge is 0.404 e. The fourth-order valence-electron chi connectivity index (χ4n) is 1.97. The van der Waals surface area contributed by atoms with Crippen molar-refractivity contribution in [3.05, 3.63) is 77.8 Å². The summed E-state index contributed by atoms with van der Waals surface area (Å²) >= 11 is 0. The highest BCUT2D eigenvalue weighted by molar-refractivity contribution is 6.09. The van der Waals surface area contributed by atoms with Crippen LogP contribution in [0.1, 0.15) is 18.1 Å². The van der Waals surface area contributed by atoms with Gasteiger partial charge in [0.25, 0.3) is 0 Å². The van der Waals surface area contributed by atoms with E-state index in [9.17, 15) is 4.79 Å². The van der Waals surface area contributed by atoms with Gasteiger partial charge >= 0.3 is 0 Å². The van der Waals surface area contributed by atoms with Gasteiger partial charge in [-0.25, -0.2) is 0 Å². The Kier molecular flexibility index (Phi) is 9.06. The molecule has 1 aromatic heterocycles. The number of nitrogens with one attached hydrogen (secondary N) is 2. The van der Waals surface area contributed by atoms with E-state index in [0.717, 1.165) is 17.4 Å². The molecule has 1 rings (SSSR count). The molecule has 0 aliphatic rings. The Morgan fingerprint density at radius 2 is 2.19 bits per heavy atom. The maximum absolute atomic E-state index is 12.0. The highest BCUT2D eigenvalue weighted by atomic mass is 16.3. The second-order valence-electron chi connectivity index (χ2n) is 5.29. The van der Waals surface area contributed by atoms with Crippen LogP contribution in [0.25, 0.3) is 11.6 Å². The molecule has 0 aliphatic carbocycles. The van der Waals surface area contributed by atoms with E-state index in [0.29, 0.717) is 16.7 Å². The van der Waals surface area contributed by atoms with E-state index in [1.165, 1.54) is 12.3 Å². The van der Waals surface area contributed by atoms with E-state index in [1.807, 2.05) is 6.92 Å². The van der Waals surface area contributed by atoms with Crippen LogP contribution in [0.3, 0.4) is 0 Å². The second kappa shape index (κ2) is 11.3. The second-order valence-corrected chi connectivity index (χ2v) is 5.29. The number of aliphatic hydroxyl groups excluding tert-OH is 1. The monoisotopic (exact) mass is 352 g/mol. The molecule has 0 aromatic carbocycles. The molecular weight excluding hydrogens is 328 g/mol. The van der Waals surface area contributed by atoms with Crippen LogP contribution >= 0.6 is 0 Å². The van der Waals surface area contributed by atoms with Crippen molar-refractivity contribution in [1.82, 2.24) is 10.3 Å². The fourth-order valence-corrected chi connectivity index (χ4v) is 1.97. The van der Waals surface area contributed by atoms with Crippen LogP contribution in [-0.4, -0.2) is 35.4 Å². The highest BCUT2D eigenvalue weighted by Gasteiger charge is 2.04. The van der Waals surface area contributed by atoms with Crippen molar-refractivity contribution in [2.75, 3.05) is 13.2 Å². The van der Waals surface area contributed by atoms with Gasteiger partial charge in [0.15, 0.2) is 0 Å². The van der Waals surface area contributed by atoms with Crippen molar-refractivity contribution in [2.45, 2.75) is 6.92 Å². The summed E-state index contributed by atoms with van der Waals surface area (Å²) < 4.78 is 0. The minimum atomic E-state index is -0.282. The van der Waals surface area contributed by atoms with Crippen molar-refractivity contribution in [3.8, 4) is 0 Å². The molecule has 6 nitrogen and oxygen atoms in total. The van der Waals surface area contributed by atoms with E-state index < -0.39 is 0 Å². The summed E-state index contributed by atoms with van der Waals surface area (Å²) in [4.78, 5) is 16.0. The van der Waals surface area contributed by atoms with Crippen molar-refractivity contribution in [1.29, 1.82) is 5.41 Å². The lowest BCUT2D eigenvalue weighted by Crippen LogP contribution is -2.22. The topological polar surface area (TPSA) is 112 Å². The van der Waals surface area contributed by atoms with Crippen LogP contribution in [0.4, 0.5) is 0 Å². The third-order valence-electron chi connectivity index (χ3n) is 3.49. The van der Waals surface area contributed by atoms with E-state index >= 15 is 0 Å². The molecule has 0 spiro atoms. The first kappa shape index (κ1) is 20.8. The van der Waals surface area contributed by atoms with Gasteiger partial charge in [0, 0.05) is 48.6 Å². The molecule has 0 bridgehead atoms. The number of carbonyl (C=O) groups is 1. The predicted molar refractivity (Wildman–Crippen MR) is 106 cm³/mol. The Hall–Kier alpha value is -3.25. The van der Waals surface area contributed by atoms with E-state index in [-0.39, 0.29) is 19.1 Å². The quantitative estimate of drug-likeness (QED) is 0.310. The molecule has 26 heavy (non-hydrogen) atoms. The summed E-state index contributed by atoms with van der Waals surface area (Å²) in [6, 6.07) is 1.73. The Labute approximate surface area is 153 Å². The number of nitrogens with two attached hydrogens (primary N) is 1. The van der Waals surface area contributed by atoms with Gasteiger partial charge in [-0.05, 0) is 35.8 Å². The number of aliphatic hydroxyl groups is 1. The Morgan fingerprint density at radius 1 is 1.42 bits per heavy atom. The average molecular weight is 352 g/mol. The fraction of sp³-hybridized carbons (Fsp3) is 0.150. The molecule has 0 radical (unpaired) electrons. The standard InChI is InChI=1S/C20H24N4O2/c1-3-16(14-25)5-4-15(2)12-24-20(26)7-6-17-13-23-9-8-19(17)18(10-21)11-22/h3-11,13,21,25H,2,12,14,22H2,1H3,(H,24,26)/b5-4-,7-6+,16-3+,18-11+,21-10?. The van der Waals surface area contributed by atoms with Crippen LogP contribution < -0.4 is 11.1 Å². The van der Waals surface area contributed by atoms with Gasteiger partial charge < -0.3 is 21.6 Å². The molecule has 0 atom stereocenters. The minimum absolute atomic E-state index is 0.0438. The molecule has 0 unspecified atom stereocenters. The van der Waals surface area contributed by atoms with Crippen LogP contribution in [0.2, 0.25) is 0 Å². The molecule has 5 N–H and O–H groups in total. The third-order valence-corrected chi connectivity index (χ3v) is 3.49. The van der Waals surface area contributed by atoms with Gasteiger partial charge in [0.2, 0.25) is 5.91 Å². The maximum Gasteiger partial charge on any atom is 0.244 e. The summed E-state index contributed by atoms with van der Waals surface area (Å²) in [5, 5.41) is 19.2. The van der Waals surface area contributed by atoms with Crippen molar-refractivity contribution in [2.24, 2.45) is 5.73 Å². The van der Waals surface area contributed by atoms with Crippen molar-refractivity contribution >= 4 is 23.8 Å². The molecule has 0 saturated carbocycles. The summed E-state index contributed by atoms with van der Waals surface area (Å²) in [6.07, 6.45) is 14.0. The molecule has 1 aromatic rings. The number of pyridine rings is 1. The number of rotatable bonds is 9. The molecule has 0 fully saturated rings. The first-order valence-electron chi connectivity index (χ1n) is 8.00. The molecule has 136 valence electrons. The van der Waals surface area contributed by atoms with Gasteiger partial charge in [-0.15, -0.1) is 0 Å². The zero-order valence-corrected chi connectivity index (χ0v) is 14.8. The summed E-state index contributed by atoms with van der Waals surface area (Å²) in [5.41, 5.74) is 8.94. The maximum atomic E-state index is 12.0. The van der Waals surface area contributed by atoms with Crippen LogP contribution in [0.15, 0.2) is 66.7 Å². The first-order valence-corrected chi connectivity index (χ1v) is 8.00. The minimum Gasteiger partial charge on any atom is -0.404 e. The molecule has 0 saturated heterocycles. The summed E-state index contributed by atoms with van der Waals surface area (Å²) in [5.74, 6) is -0.282. The number of aromatic nitrogens is 1. The number of carbonyl (C=O) groups excluding carboxylic acids is 1. The number of hydrogen-bond acceptors (Lipinski definition) is 5. The van der Waals surface area contributed by atoms with E-state index in [1.54, 1.807) is 42.8 Å². The number of nitrogens with zero attached hydrogens (tertiary/aromatic N) is 1. The number of amides is 1. The van der Waals surface area contributed by atoms with Crippen LogP contribution in [0, 0.1) is 5.41 Å². The van der Waals surface area contributed by atoms with Gasteiger partial charge in [-0.1, -0.05) is 24.8 Å². The average Bonchev–Trinajstić information content (AvgIpc) is 2.67. The zero-order valence-electron chi connectivity index (χ0n) is 14.8. The molecule has 1 amide bonds. The predicted octanol–water partition coefficient (Wildman–Crippen LogP) is 2.21. The summed E-state index contributed by atoms with van der Waals surface area (Å²) in [6.45, 7) is 5.93. The lowest BCUT2D eigenvalue weighted by Gasteiger charge is -2.05. The van der Waals surface area contributed by atoms with Crippen LogP contribution in [0.5, 0.6) is 0 Å². The SMILES string of the molecule is C=C(/C=C\C(=C/C)CO)CNC(=O)/C=C/c1cnccc1/C(C=N)=C/N. The van der Waals surface area contributed by atoms with Gasteiger partial charge in [0.05, 0.1) is 6.61 Å². The van der Waals surface area contributed by atoms with Gasteiger partial charge in [-0.2, -0.15) is 0 Å². The Morgan fingerprint density at radius 3 is 2.81 bits per heavy atom. The molecular formula is C20H24N4O2. The number of hydrogen-bond donors (Lipinski definition) is 4. The lowest BCUT2D eigenvalue weighted by atomic mass is 10.0. The molecule has 6 heteroatoms. The lowest BCUT2D eigenvalue weighted by molar-refractivity contribution is -0.116. The zero-order chi connectivity index (χ0) is 19.4. The van der Waals surface area contributed by atoms with Gasteiger partial charge in [0.1, 0.15) is 0 Å². The van der Waals surface area contributed by atoms with E-state index in [4.69, 9.17) is 16.2 Å². The normalized spacial score (nSPS) is 12.5. The van der Waals surface area contributed by atoms with Crippen molar-refractivity contribution in [3.63, 3.8) is 0 Å². The Bertz CT molecular complexity index is 774. The highest BCUT2D eigenvalue weighted by Crippen LogP contribution is 2.17. The van der Waals surface area contributed by atoms with Crippen LogP contribution in [-0.2, 0) is 4.79 Å². The van der Waals surface area contributed by atoms with Crippen molar-refractivity contribution < 1.29 is 9.90 Å². The first-order chi connectivity index (χ1) is 12.5. The number of allylic oxidation sites excluding steroid dienone is 2. The Balaban J connectivity index is 2.69.